The van der Waals surface area contributed by atoms with E-state index in [-0.39, 0.29) is 0 Å². The molecule has 0 aliphatic rings. The second kappa shape index (κ2) is 5.87. The van der Waals surface area contributed by atoms with Gasteiger partial charge < -0.3 is 4.74 Å². The van der Waals surface area contributed by atoms with E-state index in [9.17, 15) is 0 Å². The Balaban J connectivity index is 2.24. The van der Waals surface area contributed by atoms with Crippen molar-refractivity contribution >= 4 is 11.6 Å². The molecule has 0 aliphatic carbocycles. The van der Waals surface area contributed by atoms with E-state index >= 15 is 0 Å². The summed E-state index contributed by atoms with van der Waals surface area (Å²) in [5.41, 5.74) is 3.12. The summed E-state index contributed by atoms with van der Waals surface area (Å²) in [5.74, 6) is 2.00. The van der Waals surface area contributed by atoms with Crippen molar-refractivity contribution in [3.8, 4) is 11.5 Å². The van der Waals surface area contributed by atoms with E-state index in [0.717, 1.165) is 29.2 Å². The first-order valence-corrected chi connectivity index (χ1v) is 6.54. The van der Waals surface area contributed by atoms with E-state index < -0.39 is 0 Å². The Hall–Kier alpha value is -1.54. The molecule has 0 fully saturated rings. The van der Waals surface area contributed by atoms with E-state index in [0.29, 0.717) is 5.88 Å². The molecule has 1 aromatic heterocycles. The van der Waals surface area contributed by atoms with E-state index in [1.807, 2.05) is 25.1 Å². The van der Waals surface area contributed by atoms with Crippen molar-refractivity contribution < 1.29 is 4.74 Å². The number of rotatable bonds is 4. The zero-order valence-electron chi connectivity index (χ0n) is 10.6. The summed E-state index contributed by atoms with van der Waals surface area (Å²) >= 11 is 5.88. The molecule has 0 bridgehead atoms. The van der Waals surface area contributed by atoms with Gasteiger partial charge in [0, 0.05) is 23.5 Å². The molecule has 0 N–H and O–H groups in total. The number of aryl methyl sites for hydroxylation is 2. The zero-order chi connectivity index (χ0) is 13.0. The highest BCUT2D eigenvalue weighted by atomic mass is 35.5. The quantitative estimate of drug-likeness (QED) is 0.757. The summed E-state index contributed by atoms with van der Waals surface area (Å²) in [6.07, 6.45) is 2.79. The SMILES string of the molecule is CCc1ccc(Oc2cc(C)ncc2CCl)cc1. The third-order valence-electron chi connectivity index (χ3n) is 2.78. The van der Waals surface area contributed by atoms with E-state index in [1.165, 1.54) is 5.56 Å². The summed E-state index contributed by atoms with van der Waals surface area (Å²) < 4.78 is 5.86. The summed E-state index contributed by atoms with van der Waals surface area (Å²) in [4.78, 5) is 4.22. The van der Waals surface area contributed by atoms with Crippen LogP contribution in [0.5, 0.6) is 11.5 Å². The molecule has 0 spiro atoms. The monoisotopic (exact) mass is 261 g/mol. The maximum Gasteiger partial charge on any atom is 0.135 e. The van der Waals surface area contributed by atoms with Gasteiger partial charge in [-0.3, -0.25) is 4.98 Å². The number of nitrogens with zero attached hydrogens (tertiary/aromatic N) is 1. The van der Waals surface area contributed by atoms with Crippen LogP contribution < -0.4 is 4.74 Å². The average molecular weight is 262 g/mol. The first kappa shape index (κ1) is 12.9. The normalized spacial score (nSPS) is 10.4. The number of pyridine rings is 1. The lowest BCUT2D eigenvalue weighted by molar-refractivity contribution is 0.476. The van der Waals surface area contributed by atoms with Gasteiger partial charge in [-0.2, -0.15) is 0 Å². The zero-order valence-corrected chi connectivity index (χ0v) is 11.4. The smallest absolute Gasteiger partial charge is 0.135 e. The van der Waals surface area contributed by atoms with Crippen LogP contribution in [0.1, 0.15) is 23.7 Å². The average Bonchev–Trinajstić information content (AvgIpc) is 2.40. The van der Waals surface area contributed by atoms with Crippen LogP contribution in [0.15, 0.2) is 36.5 Å². The Morgan fingerprint density at radius 1 is 1.22 bits per heavy atom. The predicted octanol–water partition coefficient (Wildman–Crippen LogP) is 4.48. The van der Waals surface area contributed by atoms with Gasteiger partial charge in [0.05, 0.1) is 5.88 Å². The molecule has 18 heavy (non-hydrogen) atoms. The van der Waals surface area contributed by atoms with Crippen LogP contribution in [-0.2, 0) is 12.3 Å². The highest BCUT2D eigenvalue weighted by Crippen LogP contribution is 2.27. The van der Waals surface area contributed by atoms with Crippen molar-refractivity contribution in [1.29, 1.82) is 0 Å². The topological polar surface area (TPSA) is 22.1 Å². The lowest BCUT2D eigenvalue weighted by atomic mass is 10.2. The Bertz CT molecular complexity index is 523. The molecule has 1 heterocycles. The third kappa shape index (κ3) is 3.02. The lowest BCUT2D eigenvalue weighted by Gasteiger charge is -2.10. The Labute approximate surface area is 113 Å². The molecule has 0 radical (unpaired) electrons. The third-order valence-corrected chi connectivity index (χ3v) is 3.07. The van der Waals surface area contributed by atoms with Gasteiger partial charge in [-0.25, -0.2) is 0 Å². The van der Waals surface area contributed by atoms with Crippen LogP contribution in [0.25, 0.3) is 0 Å². The number of halogens is 1. The van der Waals surface area contributed by atoms with Crippen molar-refractivity contribution in [1.82, 2.24) is 4.98 Å². The standard InChI is InChI=1S/C15H16ClNO/c1-3-12-4-6-14(7-5-12)18-15-8-11(2)17-10-13(15)9-16/h4-8,10H,3,9H2,1-2H3. The summed E-state index contributed by atoms with van der Waals surface area (Å²) in [6, 6.07) is 10.0. The first-order valence-electron chi connectivity index (χ1n) is 6.01. The molecule has 1 aromatic carbocycles. The number of hydrogen-bond donors (Lipinski definition) is 0. The van der Waals surface area contributed by atoms with Crippen molar-refractivity contribution in [2.24, 2.45) is 0 Å². The largest absolute Gasteiger partial charge is 0.457 e. The highest BCUT2D eigenvalue weighted by molar-refractivity contribution is 6.17. The fourth-order valence-corrected chi connectivity index (χ4v) is 1.88. The predicted molar refractivity (Wildman–Crippen MR) is 74.4 cm³/mol. The van der Waals surface area contributed by atoms with Crippen LogP contribution in [0.2, 0.25) is 0 Å². The van der Waals surface area contributed by atoms with Gasteiger partial charge in [-0.1, -0.05) is 19.1 Å². The number of ether oxygens (including phenoxy) is 1. The van der Waals surface area contributed by atoms with Gasteiger partial charge in [0.15, 0.2) is 0 Å². The lowest BCUT2D eigenvalue weighted by Crippen LogP contribution is -1.93. The van der Waals surface area contributed by atoms with E-state index in [2.05, 4.69) is 24.0 Å². The molecule has 2 aromatic rings. The minimum atomic E-state index is 0.398. The molecular weight excluding hydrogens is 246 g/mol. The van der Waals surface area contributed by atoms with Crippen LogP contribution in [0.3, 0.4) is 0 Å². The Kier molecular flexibility index (Phi) is 4.21. The minimum absolute atomic E-state index is 0.398. The van der Waals surface area contributed by atoms with Crippen LogP contribution in [0, 0.1) is 6.92 Å². The van der Waals surface area contributed by atoms with Gasteiger partial charge >= 0.3 is 0 Å². The number of hydrogen-bond acceptors (Lipinski definition) is 2. The molecule has 2 nitrogen and oxygen atoms in total. The molecular formula is C15H16ClNO. The van der Waals surface area contributed by atoms with Gasteiger partial charge in [-0.15, -0.1) is 11.6 Å². The number of benzene rings is 1. The van der Waals surface area contributed by atoms with Gasteiger partial charge in [0.1, 0.15) is 11.5 Å². The molecule has 0 saturated heterocycles. The van der Waals surface area contributed by atoms with Crippen LogP contribution in [0.4, 0.5) is 0 Å². The Morgan fingerprint density at radius 3 is 2.56 bits per heavy atom. The van der Waals surface area contributed by atoms with Gasteiger partial charge in [-0.05, 0) is 31.0 Å². The molecule has 0 unspecified atom stereocenters. The first-order chi connectivity index (χ1) is 8.72. The highest BCUT2D eigenvalue weighted by Gasteiger charge is 2.05. The fraction of sp³-hybridized carbons (Fsp3) is 0.267. The van der Waals surface area contributed by atoms with Crippen molar-refractivity contribution in [3.05, 3.63) is 53.3 Å². The molecule has 0 atom stereocenters. The fourth-order valence-electron chi connectivity index (χ4n) is 1.68. The molecule has 0 amide bonds. The minimum Gasteiger partial charge on any atom is -0.457 e. The molecule has 2 rings (SSSR count). The maximum absolute atomic E-state index is 5.88. The molecule has 94 valence electrons. The second-order valence-corrected chi connectivity index (χ2v) is 4.43. The summed E-state index contributed by atoms with van der Waals surface area (Å²) in [7, 11) is 0. The van der Waals surface area contributed by atoms with Crippen LogP contribution in [-0.4, -0.2) is 4.98 Å². The van der Waals surface area contributed by atoms with Crippen molar-refractivity contribution in [2.45, 2.75) is 26.1 Å². The van der Waals surface area contributed by atoms with Gasteiger partial charge in [0.2, 0.25) is 0 Å². The van der Waals surface area contributed by atoms with E-state index in [1.54, 1.807) is 6.20 Å². The van der Waals surface area contributed by atoms with Crippen molar-refractivity contribution in [3.63, 3.8) is 0 Å². The van der Waals surface area contributed by atoms with E-state index in [4.69, 9.17) is 16.3 Å². The Morgan fingerprint density at radius 2 is 1.94 bits per heavy atom. The number of alkyl halides is 1. The molecule has 3 heteroatoms. The number of aromatic nitrogens is 1. The van der Waals surface area contributed by atoms with Gasteiger partial charge in [0.25, 0.3) is 0 Å². The van der Waals surface area contributed by atoms with Crippen molar-refractivity contribution in [2.75, 3.05) is 0 Å². The molecule has 0 saturated carbocycles. The maximum atomic E-state index is 5.88. The van der Waals surface area contributed by atoms with Crippen LogP contribution >= 0.6 is 11.6 Å². The summed E-state index contributed by atoms with van der Waals surface area (Å²) in [5, 5.41) is 0. The summed E-state index contributed by atoms with van der Waals surface area (Å²) in [6.45, 7) is 4.07. The second-order valence-electron chi connectivity index (χ2n) is 4.17. The molecule has 0 aliphatic heterocycles.